The monoisotopic (exact) mass is 785 g/mol. The van der Waals surface area contributed by atoms with E-state index in [0.29, 0.717) is 40.4 Å². The van der Waals surface area contributed by atoms with E-state index in [-0.39, 0.29) is 37.3 Å². The Morgan fingerprint density at radius 2 is 1.02 bits per heavy atom. The molecule has 0 bridgehead atoms. The summed E-state index contributed by atoms with van der Waals surface area (Å²) in [5.74, 6) is -1.45. The maximum absolute atomic E-state index is 13.5. The zero-order valence-corrected chi connectivity index (χ0v) is 33.1. The van der Waals surface area contributed by atoms with Crippen molar-refractivity contribution in [2.45, 2.75) is 52.6 Å². The number of hydrogen-bond donors (Lipinski definition) is 7. The van der Waals surface area contributed by atoms with Crippen LogP contribution >= 0.6 is 0 Å². The highest BCUT2D eigenvalue weighted by atomic mass is 16.2. The van der Waals surface area contributed by atoms with Crippen LogP contribution in [0.3, 0.4) is 0 Å². The largest absolute Gasteiger partial charge is 0.386 e. The van der Waals surface area contributed by atoms with E-state index in [1.54, 1.807) is 62.4 Å². The van der Waals surface area contributed by atoms with Gasteiger partial charge in [-0.1, -0.05) is 98.8 Å². The van der Waals surface area contributed by atoms with E-state index in [4.69, 9.17) is 17.2 Å². The van der Waals surface area contributed by atoms with Gasteiger partial charge in [-0.05, 0) is 61.6 Å². The van der Waals surface area contributed by atoms with Crippen molar-refractivity contribution in [2.75, 3.05) is 13.1 Å². The minimum absolute atomic E-state index is 0.0796. The number of amides is 4. The summed E-state index contributed by atoms with van der Waals surface area (Å²) in [6.07, 6.45) is 0.621. The van der Waals surface area contributed by atoms with Crippen molar-refractivity contribution in [3.05, 3.63) is 143 Å². The second-order valence-electron chi connectivity index (χ2n) is 13.9. The quantitative estimate of drug-likeness (QED) is 0.0343. The first-order chi connectivity index (χ1) is 27.8. The van der Waals surface area contributed by atoms with Crippen molar-refractivity contribution in [3.63, 3.8) is 0 Å². The average Bonchev–Trinajstić information content (AvgIpc) is 3.21. The Morgan fingerprint density at radius 3 is 1.53 bits per heavy atom. The van der Waals surface area contributed by atoms with Crippen molar-refractivity contribution in [1.82, 2.24) is 21.3 Å². The summed E-state index contributed by atoms with van der Waals surface area (Å²) in [4.78, 5) is 53.5. The molecule has 10 N–H and O–H groups in total. The van der Waals surface area contributed by atoms with Crippen molar-refractivity contribution in [1.29, 1.82) is 0 Å². The highest BCUT2D eigenvalue weighted by molar-refractivity contribution is 6.13. The molecule has 58 heavy (non-hydrogen) atoms. The van der Waals surface area contributed by atoms with Crippen LogP contribution in [0.5, 0.6) is 0 Å². The lowest BCUT2D eigenvalue weighted by molar-refractivity contribution is -0.124. The Kier molecular flexibility index (Phi) is 16.4. The minimum Gasteiger partial charge on any atom is -0.386 e. The summed E-state index contributed by atoms with van der Waals surface area (Å²) < 4.78 is 0. The lowest BCUT2D eigenvalue weighted by Crippen LogP contribution is -2.51. The zero-order valence-electron chi connectivity index (χ0n) is 33.1. The number of rotatable bonds is 18. The SMILES string of the molecule is CC(N)=N/N=C(/C)c1ccc(C(=O)N[C@@H](CC(C)C)C(=O)NCCNC(=O)[C@H](Cc2ccccc2)NC(=O)c2ccc(/C(=N\N=C(N)N)c3ccccc3)cc2)cc1. The molecule has 0 unspecified atom stereocenters. The second-order valence-corrected chi connectivity index (χ2v) is 13.9. The van der Waals surface area contributed by atoms with Gasteiger partial charge in [0.05, 0.1) is 5.71 Å². The molecule has 0 aliphatic carbocycles. The summed E-state index contributed by atoms with van der Waals surface area (Å²) in [7, 11) is 0. The number of nitrogens with zero attached hydrogens (tertiary/aromatic N) is 4. The normalized spacial score (nSPS) is 12.9. The smallest absolute Gasteiger partial charge is 0.251 e. The van der Waals surface area contributed by atoms with Crippen LogP contribution in [-0.2, 0) is 16.0 Å². The van der Waals surface area contributed by atoms with Gasteiger partial charge >= 0.3 is 0 Å². The maximum atomic E-state index is 13.5. The Labute approximate surface area is 338 Å². The molecule has 0 saturated carbocycles. The molecule has 0 aliphatic rings. The third-order valence-corrected chi connectivity index (χ3v) is 8.61. The summed E-state index contributed by atoms with van der Waals surface area (Å²) in [6.45, 7) is 7.49. The number of hydrogen-bond acceptors (Lipinski definition) is 8. The molecule has 15 nitrogen and oxygen atoms in total. The van der Waals surface area contributed by atoms with Crippen LogP contribution in [0.15, 0.2) is 130 Å². The van der Waals surface area contributed by atoms with E-state index >= 15 is 0 Å². The van der Waals surface area contributed by atoms with Gasteiger partial charge in [-0.25, -0.2) is 0 Å². The average molecular weight is 786 g/mol. The third-order valence-electron chi connectivity index (χ3n) is 8.61. The van der Waals surface area contributed by atoms with Gasteiger partial charge in [0.25, 0.3) is 11.8 Å². The molecule has 0 aromatic heterocycles. The lowest BCUT2D eigenvalue weighted by Gasteiger charge is -2.21. The standard InChI is InChI=1S/C43H51N11O4/c1-27(2)25-36(49-39(55)34-19-15-31(16-20-34)28(3)51-52-29(4)44)41(57)47-23-24-48-42(58)37(26-30-11-7-5-8-12-30)50-40(56)35-21-17-33(18-22-35)38(53-54-43(45)46)32-13-9-6-10-14-32/h5-22,27,36-37H,23-26H2,1-4H3,(H2,44,52)(H,47,57)(H,48,58)(H,49,55)(H,50,56)(H4,45,46,54)/b51-28-,53-38-/t36-,37-/m0/s1. The molecule has 0 aliphatic heterocycles. The Morgan fingerprint density at radius 1 is 0.552 bits per heavy atom. The summed E-state index contributed by atoms with van der Waals surface area (Å²) >= 11 is 0. The molecule has 0 spiro atoms. The molecular weight excluding hydrogens is 735 g/mol. The molecule has 2 atom stereocenters. The van der Waals surface area contributed by atoms with Crippen LogP contribution in [-0.4, -0.2) is 72.0 Å². The van der Waals surface area contributed by atoms with E-state index in [2.05, 4.69) is 41.7 Å². The number of benzene rings is 4. The van der Waals surface area contributed by atoms with Gasteiger partial charge in [0.1, 0.15) is 23.6 Å². The van der Waals surface area contributed by atoms with Crippen LogP contribution in [0.25, 0.3) is 0 Å². The van der Waals surface area contributed by atoms with Gasteiger partial charge in [-0.2, -0.15) is 5.10 Å². The molecule has 4 rings (SSSR count). The number of guanidine groups is 1. The van der Waals surface area contributed by atoms with Gasteiger partial charge in [-0.15, -0.1) is 15.3 Å². The van der Waals surface area contributed by atoms with E-state index < -0.39 is 29.8 Å². The Balaban J connectivity index is 1.38. The van der Waals surface area contributed by atoms with Gasteiger partial charge in [0.15, 0.2) is 0 Å². The summed E-state index contributed by atoms with van der Waals surface area (Å²) in [5.41, 5.74) is 21.5. The van der Waals surface area contributed by atoms with Crippen LogP contribution in [0, 0.1) is 5.92 Å². The molecule has 302 valence electrons. The molecule has 0 radical (unpaired) electrons. The zero-order chi connectivity index (χ0) is 42.0. The van der Waals surface area contributed by atoms with Crippen molar-refractivity contribution in [3.8, 4) is 0 Å². The van der Waals surface area contributed by atoms with Crippen LogP contribution in [0.2, 0.25) is 0 Å². The van der Waals surface area contributed by atoms with Gasteiger partial charge in [0.2, 0.25) is 17.8 Å². The predicted molar refractivity (Wildman–Crippen MR) is 228 cm³/mol. The lowest BCUT2D eigenvalue weighted by atomic mass is 10.0. The number of carbonyl (C=O) groups excluding carboxylic acids is 4. The number of amidine groups is 1. The predicted octanol–water partition coefficient (Wildman–Crippen LogP) is 3.23. The van der Waals surface area contributed by atoms with Gasteiger partial charge in [0, 0.05) is 41.8 Å². The molecule has 0 fully saturated rings. The van der Waals surface area contributed by atoms with Crippen LogP contribution in [0.1, 0.15) is 77.1 Å². The third kappa shape index (κ3) is 13.8. The topological polar surface area (TPSA) is 244 Å². The number of nitrogens with two attached hydrogens (primary N) is 3. The molecule has 4 aromatic carbocycles. The first kappa shape index (κ1) is 43.6. The fourth-order valence-electron chi connectivity index (χ4n) is 5.70. The van der Waals surface area contributed by atoms with Crippen molar-refractivity contribution < 1.29 is 19.2 Å². The molecule has 0 heterocycles. The van der Waals surface area contributed by atoms with E-state index in [1.165, 1.54) is 0 Å². The molecule has 4 aromatic rings. The van der Waals surface area contributed by atoms with Crippen molar-refractivity contribution >= 4 is 46.8 Å². The van der Waals surface area contributed by atoms with Crippen molar-refractivity contribution in [2.24, 2.45) is 43.5 Å². The van der Waals surface area contributed by atoms with Crippen LogP contribution < -0.4 is 38.5 Å². The highest BCUT2D eigenvalue weighted by Crippen LogP contribution is 2.14. The molecular formula is C43H51N11O4. The van der Waals surface area contributed by atoms with Gasteiger partial charge in [-0.3, -0.25) is 19.2 Å². The molecule has 15 heteroatoms. The highest BCUT2D eigenvalue weighted by Gasteiger charge is 2.24. The van der Waals surface area contributed by atoms with E-state index in [9.17, 15) is 19.2 Å². The Hall–Kier alpha value is -7.16. The fourth-order valence-corrected chi connectivity index (χ4v) is 5.70. The Bertz CT molecular complexity index is 2120. The summed E-state index contributed by atoms with van der Waals surface area (Å²) in [5, 5.41) is 27.3. The number of nitrogens with one attached hydrogen (secondary N) is 4. The number of carbonyl (C=O) groups is 4. The van der Waals surface area contributed by atoms with Gasteiger partial charge < -0.3 is 38.5 Å². The van der Waals surface area contributed by atoms with Crippen LogP contribution in [0.4, 0.5) is 0 Å². The first-order valence-corrected chi connectivity index (χ1v) is 18.8. The molecule has 4 amide bonds. The summed E-state index contributed by atoms with van der Waals surface area (Å²) in [6, 6.07) is 30.4. The molecule has 0 saturated heterocycles. The second kappa shape index (κ2) is 21.8. The van der Waals surface area contributed by atoms with E-state index in [0.717, 1.165) is 16.7 Å². The fraction of sp³-hybridized carbons (Fsp3) is 0.256. The maximum Gasteiger partial charge on any atom is 0.251 e. The first-order valence-electron chi connectivity index (χ1n) is 18.8. The van der Waals surface area contributed by atoms with E-state index in [1.807, 2.05) is 74.5 Å². The minimum atomic E-state index is -0.930.